The predicted octanol–water partition coefficient (Wildman–Crippen LogP) is 11.5. The number of amides is 5. The number of nitrogens with zero attached hydrogens (tertiary/aromatic N) is 10. The van der Waals surface area contributed by atoms with Gasteiger partial charge in [0.15, 0.2) is 0 Å². The number of aliphatic hydroxyl groups excluding tert-OH is 1. The molecule has 7 aromatic rings. The first kappa shape index (κ1) is 80.9. The molecule has 3 aromatic carbocycles. The molecule has 1 aliphatic carbocycles. The van der Waals surface area contributed by atoms with Crippen molar-refractivity contribution in [2.45, 2.75) is 154 Å². The van der Waals surface area contributed by atoms with Crippen LogP contribution in [0.4, 0.5) is 28.6 Å². The number of halogens is 1. The molecule has 4 saturated heterocycles. The number of benzene rings is 3. The number of hydrogen-bond donors (Lipinski definition) is 6. The van der Waals surface area contributed by atoms with Crippen LogP contribution in [0.15, 0.2) is 113 Å². The maximum Gasteiger partial charge on any atom is 0.312 e. The molecule has 5 aliphatic heterocycles. The number of piperazine rings is 2. The summed E-state index contributed by atoms with van der Waals surface area (Å²) in [4.78, 5) is 111. The van der Waals surface area contributed by atoms with E-state index in [2.05, 4.69) is 69.4 Å². The lowest BCUT2D eigenvalue weighted by Crippen LogP contribution is -2.57. The zero-order valence-corrected chi connectivity index (χ0v) is 67.2. The van der Waals surface area contributed by atoms with Crippen LogP contribution in [-0.4, -0.2) is 211 Å². The van der Waals surface area contributed by atoms with E-state index in [1.165, 1.54) is 16.0 Å². The maximum absolute atomic E-state index is 14.6. The summed E-state index contributed by atoms with van der Waals surface area (Å²) < 4.78 is 42.1. The van der Waals surface area contributed by atoms with Gasteiger partial charge in [-0.1, -0.05) is 94.1 Å². The van der Waals surface area contributed by atoms with Gasteiger partial charge in [0.2, 0.25) is 35.3 Å². The SMILES string of the molecule is Cc1ncsc1-c1ccc([C@H](C)NC(=O)[C@@H]2C[C@@H](O)CN2C(=O)[C@@H](NC(=O)CCCCCCC(=O)N2CCN(C[C@@]3(C)CCC(CN4CCN(c5ccc(C(=O)NS(=O)(=O)c6cnc(NCC7CCOCC7)c([N+](=O)[O-])c6)c(N6CCCOc7nc8[nH]ccc8cc76)c5)CC4)=C(c4ccc(Cl)cc4)C3)CC2)C(C)(C)C)cc1. The van der Waals surface area contributed by atoms with E-state index in [0.29, 0.717) is 113 Å². The fraction of sp³-hybridized carbons (Fsp3) is 0.512. The number of sulfonamides is 1. The molecule has 0 bridgehead atoms. The molecular formula is C82H104ClN15O12S2. The minimum atomic E-state index is -4.70. The minimum absolute atomic E-state index is 0.0126. The number of ether oxygens (including phenoxy) is 2. The lowest BCUT2D eigenvalue weighted by molar-refractivity contribution is -0.384. The minimum Gasteiger partial charge on any atom is -0.476 e. The van der Waals surface area contributed by atoms with E-state index < -0.39 is 60.9 Å². The van der Waals surface area contributed by atoms with E-state index >= 15 is 0 Å². The second-order valence-corrected chi connectivity index (χ2v) is 35.2. The van der Waals surface area contributed by atoms with Crippen LogP contribution in [0.3, 0.4) is 0 Å². The number of thiazole rings is 1. The van der Waals surface area contributed by atoms with E-state index in [-0.39, 0.29) is 65.9 Å². The van der Waals surface area contributed by atoms with E-state index in [0.717, 1.165) is 135 Å². The molecule has 5 atom stereocenters. The summed E-state index contributed by atoms with van der Waals surface area (Å²) in [6.45, 7) is 21.6. The fourth-order valence-corrected chi connectivity index (χ4v) is 18.3. The average Bonchev–Trinajstić information content (AvgIpc) is 1.68. The number of β-amino-alcohol motifs (C(OH)–C–C–N with tert-alkyl or cyclic N) is 1. The monoisotopic (exact) mass is 1590 g/mol. The molecule has 4 fully saturated rings. The third-order valence-corrected chi connectivity index (χ3v) is 25.4. The highest BCUT2D eigenvalue weighted by Crippen LogP contribution is 2.46. The van der Waals surface area contributed by atoms with Gasteiger partial charge in [-0.3, -0.25) is 43.9 Å². The summed E-state index contributed by atoms with van der Waals surface area (Å²) in [5.74, 6) is -1.32. The van der Waals surface area contributed by atoms with Crippen LogP contribution in [0.5, 0.6) is 5.88 Å². The van der Waals surface area contributed by atoms with Crippen molar-refractivity contribution in [2.75, 3.05) is 120 Å². The highest BCUT2D eigenvalue weighted by atomic mass is 35.5. The first-order valence-corrected chi connectivity index (χ1v) is 42.1. The Balaban J connectivity index is 0.585. The zero-order valence-electron chi connectivity index (χ0n) is 64.8. The molecule has 9 heterocycles. The summed E-state index contributed by atoms with van der Waals surface area (Å²) >= 11 is 8.08. The highest BCUT2D eigenvalue weighted by molar-refractivity contribution is 7.90. The molecule has 6 aliphatic rings. The summed E-state index contributed by atoms with van der Waals surface area (Å²) in [5.41, 5.74) is 9.94. The number of nitrogens with one attached hydrogen (secondary N) is 5. The standard InChI is InChI=1S/C82H104ClN15O12S2/c1-53(56-14-16-58(17-15-56)73-54(2)87-52-111-73)88-78(103)69-44-63(99)50-97(69)80(104)74(81(3,4)5)89-71(100)12-9-7-8-10-13-72(101)95-37-33-93(34-38-95)51-82(6)28-24-60(66(46-82)57-18-20-61(83)21-19-57)49-92-31-35-94(36-32-92)62-22-23-65(67(43-62)96-30-11-39-110-79-70(96)42-59-25-29-84-75(59)90-79)77(102)91-112(107,108)64-45-68(98(105)106)76(86-48-64)85-47-55-26-40-109-41-27-55/h14-23,25,29,42-43,45,48,52-53,55,63,69,74,99H,7-13,24,26-28,30-41,44,46-47,49-51H2,1-6H3,(H,84,90)(H,85,86)(H,88,103)(H,89,100)(H,91,102)/t53-,63+,69-,74+,82-/m0/s1. The van der Waals surface area contributed by atoms with Crippen molar-refractivity contribution >= 4 is 108 Å². The Morgan fingerprint density at radius 3 is 2.29 bits per heavy atom. The number of aromatic nitrogens is 4. The number of allylic oxidation sites excluding steroid dienone is 1. The summed E-state index contributed by atoms with van der Waals surface area (Å²) in [6.07, 6.45) is 10.4. The third-order valence-electron chi connectivity index (χ3n) is 22.9. The second kappa shape index (κ2) is 35.5. The van der Waals surface area contributed by atoms with Crippen molar-refractivity contribution in [1.82, 2.24) is 54.9 Å². The number of aromatic amines is 1. The molecule has 27 nitrogen and oxygen atoms in total. The molecule has 598 valence electrons. The molecule has 30 heteroatoms. The van der Waals surface area contributed by atoms with Gasteiger partial charge in [-0.15, -0.1) is 11.3 Å². The van der Waals surface area contributed by atoms with Gasteiger partial charge in [-0.05, 0) is 147 Å². The molecule has 5 amide bonds. The van der Waals surface area contributed by atoms with Crippen molar-refractivity contribution in [2.24, 2.45) is 16.7 Å². The second-order valence-electron chi connectivity index (χ2n) is 32.2. The first-order chi connectivity index (χ1) is 53.7. The number of hydrogen-bond acceptors (Lipinski definition) is 21. The number of H-pyrrole nitrogens is 1. The van der Waals surface area contributed by atoms with Crippen LogP contribution in [0.2, 0.25) is 5.02 Å². The van der Waals surface area contributed by atoms with Gasteiger partial charge in [-0.25, -0.2) is 23.1 Å². The molecule has 112 heavy (non-hydrogen) atoms. The van der Waals surface area contributed by atoms with Gasteiger partial charge >= 0.3 is 5.69 Å². The summed E-state index contributed by atoms with van der Waals surface area (Å²) in [7, 11) is -4.70. The lowest BCUT2D eigenvalue weighted by atomic mass is 9.70. The Hall–Kier alpha value is -9.10. The Morgan fingerprint density at radius 1 is 0.848 bits per heavy atom. The predicted molar refractivity (Wildman–Crippen MR) is 433 cm³/mol. The normalized spacial score (nSPS) is 20.2. The lowest BCUT2D eigenvalue weighted by Gasteiger charge is -2.44. The topological polar surface area (TPSA) is 323 Å². The third kappa shape index (κ3) is 19.6. The molecule has 0 spiro atoms. The van der Waals surface area contributed by atoms with E-state index in [1.807, 2.05) is 111 Å². The summed E-state index contributed by atoms with van der Waals surface area (Å²) in [6, 6.07) is 24.1. The smallest absolute Gasteiger partial charge is 0.312 e. The van der Waals surface area contributed by atoms with Crippen LogP contribution in [0.1, 0.15) is 151 Å². The van der Waals surface area contributed by atoms with Crippen LogP contribution in [0.25, 0.3) is 27.0 Å². The van der Waals surface area contributed by atoms with Gasteiger partial charge in [0.25, 0.3) is 15.9 Å². The van der Waals surface area contributed by atoms with E-state index in [4.69, 9.17) is 26.1 Å². The Morgan fingerprint density at radius 2 is 1.57 bits per heavy atom. The van der Waals surface area contributed by atoms with Gasteiger partial charge in [0, 0.05) is 146 Å². The van der Waals surface area contributed by atoms with E-state index in [1.54, 1.807) is 23.6 Å². The molecule has 4 aromatic heterocycles. The van der Waals surface area contributed by atoms with Gasteiger partial charge < -0.3 is 55.1 Å². The van der Waals surface area contributed by atoms with Crippen molar-refractivity contribution in [3.05, 3.63) is 146 Å². The number of aliphatic hydroxyl groups is 1. The van der Waals surface area contributed by atoms with Gasteiger partial charge in [-0.2, -0.15) is 4.98 Å². The fourth-order valence-electron chi connectivity index (χ4n) is 16.4. The number of rotatable bonds is 27. The maximum atomic E-state index is 14.6. The van der Waals surface area contributed by atoms with Crippen molar-refractivity contribution in [3.63, 3.8) is 0 Å². The van der Waals surface area contributed by atoms with Crippen LogP contribution < -0.4 is 35.2 Å². The largest absolute Gasteiger partial charge is 0.476 e. The number of carbonyl (C=O) groups excluding carboxylic acids is 5. The van der Waals surface area contributed by atoms with Crippen molar-refractivity contribution in [1.29, 1.82) is 0 Å². The zero-order chi connectivity index (χ0) is 79.0. The Kier molecular flexibility index (Phi) is 25.7. The molecule has 0 radical (unpaired) electrons. The number of anilines is 4. The molecular weight excluding hydrogens is 1490 g/mol. The molecule has 0 unspecified atom stereocenters. The van der Waals surface area contributed by atoms with Crippen molar-refractivity contribution in [3.8, 4) is 16.3 Å². The van der Waals surface area contributed by atoms with Crippen LogP contribution in [-0.2, 0) is 33.9 Å². The Labute approximate surface area is 663 Å². The average molecular weight is 1590 g/mol. The van der Waals surface area contributed by atoms with Gasteiger partial charge in [0.1, 0.15) is 28.3 Å². The van der Waals surface area contributed by atoms with Crippen molar-refractivity contribution < 1.29 is 51.9 Å². The first-order valence-electron chi connectivity index (χ1n) is 39.3. The number of aryl methyl sites for hydroxylation is 1. The highest BCUT2D eigenvalue weighted by Gasteiger charge is 2.45. The number of unbranched alkanes of at least 4 members (excludes halogenated alkanes) is 3. The van der Waals surface area contributed by atoms with Crippen LogP contribution >= 0.6 is 22.9 Å². The summed E-state index contributed by atoms with van der Waals surface area (Å²) in [5, 5.41) is 33.7. The van der Waals surface area contributed by atoms with Crippen LogP contribution in [0, 0.1) is 33.8 Å². The molecule has 13 rings (SSSR count). The number of likely N-dealkylation sites (tertiary alicyclic amines) is 1. The van der Waals surface area contributed by atoms with Gasteiger partial charge in [0.05, 0.1) is 57.2 Å². The number of carbonyl (C=O) groups is 5. The molecule has 0 saturated carbocycles. The molecule has 6 N–H and O–H groups in total. The number of pyridine rings is 2. The quantitative estimate of drug-likeness (QED) is 0.0158. The Bertz CT molecular complexity index is 4700. The van der Waals surface area contributed by atoms with E-state index in [9.17, 15) is 47.6 Å². The number of fused-ring (bicyclic) bond motifs is 2. The number of nitro groups is 1.